The SMILES string of the molecule is Cn1c(=NC(=O)c2cc(-c3ccccc3)nc3ccccc23)sc2cc(S(C)(=O)=O)ccc21. The number of carbonyl (C=O) groups excluding carboxylic acids is 1. The fourth-order valence-electron chi connectivity index (χ4n) is 3.71. The molecular formula is C25H19N3O3S2. The van der Waals surface area contributed by atoms with Gasteiger partial charge in [0.25, 0.3) is 5.91 Å². The van der Waals surface area contributed by atoms with Crippen molar-refractivity contribution in [2.45, 2.75) is 4.90 Å². The van der Waals surface area contributed by atoms with Gasteiger partial charge in [-0.1, -0.05) is 59.9 Å². The molecule has 5 rings (SSSR count). The number of thiazole rings is 1. The predicted octanol–water partition coefficient (Wildman–Crippen LogP) is 4.60. The van der Waals surface area contributed by atoms with E-state index in [0.717, 1.165) is 26.7 Å². The first-order chi connectivity index (χ1) is 15.8. The Kier molecular flexibility index (Phi) is 5.19. The summed E-state index contributed by atoms with van der Waals surface area (Å²) in [6, 6.07) is 23.9. The molecule has 1 amide bonds. The van der Waals surface area contributed by atoms with Gasteiger partial charge in [-0.3, -0.25) is 4.79 Å². The van der Waals surface area contributed by atoms with Crippen LogP contribution in [-0.2, 0) is 16.9 Å². The number of nitrogens with zero attached hydrogens (tertiary/aromatic N) is 3. The van der Waals surface area contributed by atoms with Crippen LogP contribution in [0.15, 0.2) is 88.8 Å². The molecule has 0 aliphatic carbocycles. The summed E-state index contributed by atoms with van der Waals surface area (Å²) in [5.74, 6) is -0.378. The van der Waals surface area contributed by atoms with Crippen molar-refractivity contribution in [1.82, 2.24) is 9.55 Å². The number of para-hydroxylation sites is 1. The molecule has 0 atom stereocenters. The number of fused-ring (bicyclic) bond motifs is 2. The number of rotatable bonds is 3. The third kappa shape index (κ3) is 3.99. The summed E-state index contributed by atoms with van der Waals surface area (Å²) in [4.78, 5) is 23.2. The van der Waals surface area contributed by atoms with Gasteiger partial charge in [0.1, 0.15) is 0 Å². The topological polar surface area (TPSA) is 81.4 Å². The number of hydrogen-bond acceptors (Lipinski definition) is 5. The molecule has 0 unspecified atom stereocenters. The molecule has 0 aliphatic rings. The van der Waals surface area contributed by atoms with Gasteiger partial charge >= 0.3 is 0 Å². The maximum absolute atomic E-state index is 13.4. The predicted molar refractivity (Wildman–Crippen MR) is 131 cm³/mol. The number of pyridine rings is 1. The van der Waals surface area contributed by atoms with Crippen LogP contribution < -0.4 is 4.80 Å². The van der Waals surface area contributed by atoms with Crippen LogP contribution in [0.2, 0.25) is 0 Å². The number of benzene rings is 3. The highest BCUT2D eigenvalue weighted by molar-refractivity contribution is 7.90. The lowest BCUT2D eigenvalue weighted by atomic mass is 10.0. The van der Waals surface area contributed by atoms with Crippen molar-refractivity contribution in [3.8, 4) is 11.3 Å². The Morgan fingerprint density at radius 2 is 1.70 bits per heavy atom. The van der Waals surface area contributed by atoms with Crippen LogP contribution in [0.4, 0.5) is 0 Å². The summed E-state index contributed by atoms with van der Waals surface area (Å²) >= 11 is 1.28. The van der Waals surface area contributed by atoms with Crippen molar-refractivity contribution < 1.29 is 13.2 Å². The second kappa shape index (κ2) is 8.06. The highest BCUT2D eigenvalue weighted by atomic mass is 32.2. The van der Waals surface area contributed by atoms with Crippen molar-refractivity contribution in [2.75, 3.05) is 6.26 Å². The molecule has 3 aromatic carbocycles. The van der Waals surface area contributed by atoms with E-state index in [2.05, 4.69) is 4.99 Å². The molecule has 0 bridgehead atoms. The molecule has 0 saturated heterocycles. The van der Waals surface area contributed by atoms with E-state index < -0.39 is 9.84 Å². The number of aryl methyl sites for hydroxylation is 1. The van der Waals surface area contributed by atoms with Crippen molar-refractivity contribution in [3.63, 3.8) is 0 Å². The Hall–Kier alpha value is -3.62. The van der Waals surface area contributed by atoms with Crippen LogP contribution in [0, 0.1) is 0 Å². The molecule has 0 saturated carbocycles. The van der Waals surface area contributed by atoms with E-state index in [-0.39, 0.29) is 10.8 Å². The molecule has 0 spiro atoms. The minimum Gasteiger partial charge on any atom is -0.319 e. The highest BCUT2D eigenvalue weighted by Crippen LogP contribution is 2.26. The standard InChI is InChI=1S/C25H19N3O3S2/c1-28-22-13-12-17(33(2,30)31)14-23(22)32-25(28)27-24(29)19-15-21(16-8-4-3-5-9-16)26-20-11-7-6-10-18(19)20/h3-15H,1-2H3. The highest BCUT2D eigenvalue weighted by Gasteiger charge is 2.15. The monoisotopic (exact) mass is 473 g/mol. The van der Waals surface area contributed by atoms with Crippen LogP contribution in [0.25, 0.3) is 32.4 Å². The fraction of sp³-hybridized carbons (Fsp3) is 0.0800. The van der Waals surface area contributed by atoms with Crippen LogP contribution in [0.3, 0.4) is 0 Å². The van der Waals surface area contributed by atoms with Gasteiger partial charge in [-0.05, 0) is 30.3 Å². The summed E-state index contributed by atoms with van der Waals surface area (Å²) in [6.45, 7) is 0. The van der Waals surface area contributed by atoms with E-state index in [1.165, 1.54) is 17.6 Å². The molecule has 164 valence electrons. The third-order valence-electron chi connectivity index (χ3n) is 5.42. The van der Waals surface area contributed by atoms with Gasteiger partial charge in [-0.2, -0.15) is 4.99 Å². The van der Waals surface area contributed by atoms with Crippen LogP contribution in [-0.4, -0.2) is 30.1 Å². The first-order valence-electron chi connectivity index (χ1n) is 10.2. The molecule has 0 N–H and O–H groups in total. The molecule has 6 nitrogen and oxygen atoms in total. The number of carbonyl (C=O) groups is 1. The van der Waals surface area contributed by atoms with Gasteiger partial charge in [-0.15, -0.1) is 0 Å². The Morgan fingerprint density at radius 3 is 2.45 bits per heavy atom. The third-order valence-corrected chi connectivity index (χ3v) is 7.63. The fourth-order valence-corrected chi connectivity index (χ4v) is 5.49. The van der Waals surface area contributed by atoms with E-state index in [1.54, 1.807) is 28.8 Å². The van der Waals surface area contributed by atoms with Gasteiger partial charge in [0, 0.05) is 24.3 Å². The molecule has 33 heavy (non-hydrogen) atoms. The van der Waals surface area contributed by atoms with Crippen molar-refractivity contribution in [1.29, 1.82) is 0 Å². The maximum atomic E-state index is 13.4. The maximum Gasteiger partial charge on any atom is 0.280 e. The summed E-state index contributed by atoms with van der Waals surface area (Å²) < 4.78 is 26.4. The van der Waals surface area contributed by atoms with E-state index in [0.29, 0.717) is 16.1 Å². The van der Waals surface area contributed by atoms with Gasteiger partial charge < -0.3 is 4.57 Å². The zero-order chi connectivity index (χ0) is 23.2. The van der Waals surface area contributed by atoms with Crippen molar-refractivity contribution in [3.05, 3.63) is 89.2 Å². The number of aromatic nitrogens is 2. The zero-order valence-electron chi connectivity index (χ0n) is 17.9. The Bertz CT molecular complexity index is 1720. The smallest absolute Gasteiger partial charge is 0.280 e. The minimum absolute atomic E-state index is 0.238. The Labute approximate surface area is 194 Å². The Morgan fingerprint density at radius 1 is 0.970 bits per heavy atom. The molecular weight excluding hydrogens is 454 g/mol. The van der Waals surface area contributed by atoms with Crippen LogP contribution >= 0.6 is 11.3 Å². The molecule has 8 heteroatoms. The van der Waals surface area contributed by atoms with E-state index in [4.69, 9.17) is 4.98 Å². The van der Waals surface area contributed by atoms with E-state index in [1.807, 2.05) is 61.6 Å². The molecule has 2 aromatic heterocycles. The summed E-state index contributed by atoms with van der Waals surface area (Å²) in [5, 5.41) is 0.731. The van der Waals surface area contributed by atoms with Gasteiger partial charge in [-0.25, -0.2) is 13.4 Å². The molecule has 2 heterocycles. The van der Waals surface area contributed by atoms with Crippen LogP contribution in [0.1, 0.15) is 10.4 Å². The molecule has 0 aliphatic heterocycles. The number of amides is 1. The summed E-state index contributed by atoms with van der Waals surface area (Å²) in [6.07, 6.45) is 1.18. The summed E-state index contributed by atoms with van der Waals surface area (Å²) in [7, 11) is -1.52. The first-order valence-corrected chi connectivity index (χ1v) is 12.9. The molecule has 5 aromatic rings. The average molecular weight is 474 g/mol. The number of sulfone groups is 1. The quantitative estimate of drug-likeness (QED) is 0.384. The second-order valence-electron chi connectivity index (χ2n) is 7.70. The van der Waals surface area contributed by atoms with Gasteiger partial charge in [0.15, 0.2) is 14.6 Å². The average Bonchev–Trinajstić information content (AvgIpc) is 3.12. The lowest BCUT2D eigenvalue weighted by Crippen LogP contribution is -2.13. The molecule has 0 fully saturated rings. The Balaban J connectivity index is 1.68. The lowest BCUT2D eigenvalue weighted by molar-refractivity contribution is 0.0999. The second-order valence-corrected chi connectivity index (χ2v) is 10.7. The lowest BCUT2D eigenvalue weighted by Gasteiger charge is -2.07. The van der Waals surface area contributed by atoms with E-state index >= 15 is 0 Å². The normalized spacial score (nSPS) is 12.5. The van der Waals surface area contributed by atoms with Gasteiger partial charge in [0.05, 0.1) is 31.9 Å². The first kappa shape index (κ1) is 21.2. The van der Waals surface area contributed by atoms with E-state index in [9.17, 15) is 13.2 Å². The number of hydrogen-bond donors (Lipinski definition) is 0. The van der Waals surface area contributed by atoms with Gasteiger partial charge in [0.2, 0.25) is 0 Å². The summed E-state index contributed by atoms with van der Waals surface area (Å²) in [5.41, 5.74) is 3.61. The minimum atomic E-state index is -3.33. The van der Waals surface area contributed by atoms with Crippen molar-refractivity contribution >= 4 is 48.2 Å². The van der Waals surface area contributed by atoms with Crippen LogP contribution in [0.5, 0.6) is 0 Å². The molecule has 0 radical (unpaired) electrons. The zero-order valence-corrected chi connectivity index (χ0v) is 19.5. The van der Waals surface area contributed by atoms with Crippen molar-refractivity contribution in [2.24, 2.45) is 12.0 Å². The largest absolute Gasteiger partial charge is 0.319 e.